The second-order valence-electron chi connectivity index (χ2n) is 3.62. The molecule has 0 bridgehead atoms. The maximum absolute atomic E-state index is 11.1. The Balaban J connectivity index is 2.32. The maximum Gasteiger partial charge on any atom is 0.133 e. The van der Waals surface area contributed by atoms with Gasteiger partial charge in [-0.15, -0.1) is 0 Å². The van der Waals surface area contributed by atoms with Crippen molar-refractivity contribution in [1.29, 1.82) is 0 Å². The fraction of sp³-hybridized carbons (Fsp3) is 0.364. The number of Topliss-reactive ketones (excluding diaryl/α,β-unsaturated/α-hetero) is 1. The molecule has 1 aliphatic carbocycles. The first-order valence-corrected chi connectivity index (χ1v) is 5.39. The van der Waals surface area contributed by atoms with Gasteiger partial charge in [-0.2, -0.15) is 0 Å². The Hall–Kier alpha value is -0.530. The van der Waals surface area contributed by atoms with Gasteiger partial charge in [0.25, 0.3) is 0 Å². The molecule has 0 aliphatic heterocycles. The highest BCUT2D eigenvalue weighted by Crippen LogP contribution is 2.38. The molecule has 1 aliphatic rings. The van der Waals surface area contributed by atoms with Gasteiger partial charge in [0.15, 0.2) is 0 Å². The van der Waals surface area contributed by atoms with Crippen molar-refractivity contribution in [3.05, 3.63) is 33.8 Å². The van der Waals surface area contributed by atoms with E-state index in [2.05, 4.69) is 0 Å². The summed E-state index contributed by atoms with van der Waals surface area (Å²) in [6, 6.07) is 5.61. The van der Waals surface area contributed by atoms with Crippen LogP contribution in [0.25, 0.3) is 0 Å². The molecule has 14 heavy (non-hydrogen) atoms. The molecular weight excluding hydrogens is 219 g/mol. The number of carbonyl (C=O) groups is 1. The third-order valence-electron chi connectivity index (χ3n) is 2.67. The summed E-state index contributed by atoms with van der Waals surface area (Å²) in [5.74, 6) is 0.597. The van der Waals surface area contributed by atoms with Gasteiger partial charge in [0, 0.05) is 12.8 Å². The van der Waals surface area contributed by atoms with E-state index in [1.807, 2.05) is 12.1 Å². The average Bonchev–Trinajstić information content (AvgIpc) is 2.57. The van der Waals surface area contributed by atoms with E-state index >= 15 is 0 Å². The summed E-state index contributed by atoms with van der Waals surface area (Å²) in [5, 5.41) is 1.18. The second kappa shape index (κ2) is 3.92. The Labute approximate surface area is 93.0 Å². The molecular formula is C11H10Cl2O. The molecule has 3 heteroatoms. The molecule has 0 radical (unpaired) electrons. The lowest BCUT2D eigenvalue weighted by atomic mass is 9.98. The zero-order chi connectivity index (χ0) is 10.1. The van der Waals surface area contributed by atoms with Crippen LogP contribution < -0.4 is 0 Å². The first-order valence-electron chi connectivity index (χ1n) is 4.64. The monoisotopic (exact) mass is 228 g/mol. The molecule has 1 unspecified atom stereocenters. The fourth-order valence-electron chi connectivity index (χ4n) is 1.92. The molecule has 1 fully saturated rings. The van der Waals surface area contributed by atoms with Gasteiger partial charge in [0.05, 0.1) is 10.0 Å². The van der Waals surface area contributed by atoms with E-state index in [9.17, 15) is 4.79 Å². The lowest BCUT2D eigenvalue weighted by molar-refractivity contribution is -0.117. The standard InChI is InChI=1S/C11H10Cl2O/c12-10-3-1-2-9(11(10)13)7-4-5-8(14)6-7/h1-3,7H,4-6H2. The zero-order valence-electron chi connectivity index (χ0n) is 7.59. The topological polar surface area (TPSA) is 17.1 Å². The minimum atomic E-state index is 0.272. The molecule has 0 aromatic heterocycles. The van der Waals surface area contributed by atoms with Crippen LogP contribution >= 0.6 is 23.2 Å². The van der Waals surface area contributed by atoms with Gasteiger partial charge in [-0.3, -0.25) is 4.79 Å². The van der Waals surface area contributed by atoms with Crippen LogP contribution in [0.1, 0.15) is 30.7 Å². The van der Waals surface area contributed by atoms with Crippen molar-refractivity contribution in [2.24, 2.45) is 0 Å². The molecule has 1 aromatic carbocycles. The number of benzene rings is 1. The summed E-state index contributed by atoms with van der Waals surface area (Å²) in [4.78, 5) is 11.1. The number of hydrogen-bond donors (Lipinski definition) is 0. The van der Waals surface area contributed by atoms with E-state index in [4.69, 9.17) is 23.2 Å². The quantitative estimate of drug-likeness (QED) is 0.715. The highest BCUT2D eigenvalue weighted by molar-refractivity contribution is 6.42. The smallest absolute Gasteiger partial charge is 0.133 e. The van der Waals surface area contributed by atoms with Gasteiger partial charge < -0.3 is 0 Å². The van der Waals surface area contributed by atoms with Crippen LogP contribution in [0.3, 0.4) is 0 Å². The summed E-state index contributed by atoms with van der Waals surface area (Å²) >= 11 is 12.0. The van der Waals surface area contributed by atoms with Crippen molar-refractivity contribution in [1.82, 2.24) is 0 Å². The minimum Gasteiger partial charge on any atom is -0.300 e. The molecule has 74 valence electrons. The van der Waals surface area contributed by atoms with Gasteiger partial charge in [0.1, 0.15) is 5.78 Å². The average molecular weight is 229 g/mol. The summed E-state index contributed by atoms with van der Waals surface area (Å²) in [6.45, 7) is 0. The van der Waals surface area contributed by atoms with Crippen molar-refractivity contribution < 1.29 is 4.79 Å². The molecule has 0 spiro atoms. The summed E-state index contributed by atoms with van der Waals surface area (Å²) < 4.78 is 0. The van der Waals surface area contributed by atoms with E-state index in [-0.39, 0.29) is 5.92 Å². The highest BCUT2D eigenvalue weighted by atomic mass is 35.5. The molecule has 1 saturated carbocycles. The molecule has 1 aromatic rings. The van der Waals surface area contributed by atoms with Crippen LogP contribution in [0.2, 0.25) is 10.0 Å². The van der Waals surface area contributed by atoms with Crippen LogP contribution in [0.5, 0.6) is 0 Å². The van der Waals surface area contributed by atoms with Crippen LogP contribution in [0, 0.1) is 0 Å². The van der Waals surface area contributed by atoms with E-state index in [1.54, 1.807) is 6.07 Å². The van der Waals surface area contributed by atoms with E-state index in [1.165, 1.54) is 0 Å². The van der Waals surface area contributed by atoms with Crippen LogP contribution in [-0.2, 0) is 4.79 Å². The van der Waals surface area contributed by atoms with Crippen LogP contribution in [0.4, 0.5) is 0 Å². The maximum atomic E-state index is 11.1. The normalized spacial score (nSPS) is 21.6. The Morgan fingerprint density at radius 2 is 2.07 bits per heavy atom. The summed E-state index contributed by atoms with van der Waals surface area (Å²) in [7, 11) is 0. The number of halogens is 2. The van der Waals surface area contributed by atoms with Crippen molar-refractivity contribution in [2.45, 2.75) is 25.2 Å². The molecule has 0 amide bonds. The second-order valence-corrected chi connectivity index (χ2v) is 4.41. The Kier molecular flexibility index (Phi) is 2.80. The summed E-state index contributed by atoms with van der Waals surface area (Å²) in [6.07, 6.45) is 2.19. The Morgan fingerprint density at radius 3 is 2.71 bits per heavy atom. The third-order valence-corrected chi connectivity index (χ3v) is 3.50. The van der Waals surface area contributed by atoms with Gasteiger partial charge in [-0.1, -0.05) is 35.3 Å². The van der Waals surface area contributed by atoms with Gasteiger partial charge >= 0.3 is 0 Å². The number of carbonyl (C=O) groups excluding carboxylic acids is 1. The van der Waals surface area contributed by atoms with Crippen molar-refractivity contribution in [3.8, 4) is 0 Å². The third kappa shape index (κ3) is 1.79. The van der Waals surface area contributed by atoms with E-state index in [0.717, 1.165) is 12.0 Å². The SMILES string of the molecule is O=C1CCC(c2cccc(Cl)c2Cl)C1. The molecule has 1 nitrogen and oxygen atoms in total. The molecule has 2 rings (SSSR count). The highest BCUT2D eigenvalue weighted by Gasteiger charge is 2.25. The lowest BCUT2D eigenvalue weighted by Gasteiger charge is -2.11. The molecule has 0 N–H and O–H groups in total. The van der Waals surface area contributed by atoms with E-state index in [0.29, 0.717) is 28.7 Å². The van der Waals surface area contributed by atoms with Gasteiger partial charge in [-0.25, -0.2) is 0 Å². The predicted molar refractivity (Wildman–Crippen MR) is 58.1 cm³/mol. The van der Waals surface area contributed by atoms with Crippen molar-refractivity contribution in [2.75, 3.05) is 0 Å². The predicted octanol–water partition coefficient (Wildman–Crippen LogP) is 3.83. The van der Waals surface area contributed by atoms with Gasteiger partial charge in [-0.05, 0) is 24.0 Å². The first kappa shape index (κ1) is 10.0. The fourth-order valence-corrected chi connectivity index (χ4v) is 2.38. The number of ketones is 1. The molecule has 0 saturated heterocycles. The van der Waals surface area contributed by atoms with Crippen molar-refractivity contribution in [3.63, 3.8) is 0 Å². The Morgan fingerprint density at radius 1 is 1.29 bits per heavy atom. The Bertz CT molecular complexity index is 374. The van der Waals surface area contributed by atoms with E-state index < -0.39 is 0 Å². The first-order chi connectivity index (χ1) is 6.68. The molecule has 1 atom stereocenters. The molecule has 0 heterocycles. The largest absolute Gasteiger partial charge is 0.300 e. The van der Waals surface area contributed by atoms with Gasteiger partial charge in [0.2, 0.25) is 0 Å². The lowest BCUT2D eigenvalue weighted by Crippen LogP contribution is -1.95. The zero-order valence-corrected chi connectivity index (χ0v) is 9.11. The minimum absolute atomic E-state index is 0.272. The van der Waals surface area contributed by atoms with Crippen LogP contribution in [0.15, 0.2) is 18.2 Å². The van der Waals surface area contributed by atoms with Crippen molar-refractivity contribution >= 4 is 29.0 Å². The number of rotatable bonds is 1. The summed E-state index contributed by atoms with van der Waals surface area (Å²) in [5.41, 5.74) is 1.02. The van der Waals surface area contributed by atoms with Crippen LogP contribution in [-0.4, -0.2) is 5.78 Å². The number of hydrogen-bond acceptors (Lipinski definition) is 1.